The molecular weight excluding hydrogens is 307 g/mol. The first-order chi connectivity index (χ1) is 11.7. The van der Waals surface area contributed by atoms with Crippen LogP contribution in [0.5, 0.6) is 5.75 Å². The molecule has 1 amide bonds. The van der Waals surface area contributed by atoms with Crippen molar-refractivity contribution in [2.45, 2.75) is 18.9 Å². The summed E-state index contributed by atoms with van der Waals surface area (Å²) in [5, 5.41) is 2.82. The summed E-state index contributed by atoms with van der Waals surface area (Å²) in [6, 6.07) is 14.0. The normalized spacial score (nSPS) is 17.7. The van der Waals surface area contributed by atoms with Crippen LogP contribution in [0.4, 0.5) is 10.1 Å². The fraction of sp³-hybridized carbons (Fsp3) is 0.316. The first-order valence-corrected chi connectivity index (χ1v) is 8.09. The molecule has 0 aliphatic carbocycles. The number of hydrogen-bond donors (Lipinski definition) is 1. The fourth-order valence-corrected chi connectivity index (χ4v) is 3.16. The lowest BCUT2D eigenvalue weighted by Gasteiger charge is -2.24. The van der Waals surface area contributed by atoms with Crippen LogP contribution in [0.1, 0.15) is 24.4 Å². The van der Waals surface area contributed by atoms with Crippen LogP contribution in [0.3, 0.4) is 0 Å². The minimum absolute atomic E-state index is 0.0867. The van der Waals surface area contributed by atoms with Gasteiger partial charge in [0.25, 0.3) is 0 Å². The van der Waals surface area contributed by atoms with Crippen LogP contribution < -0.4 is 10.1 Å². The highest BCUT2D eigenvalue weighted by Gasteiger charge is 2.27. The largest absolute Gasteiger partial charge is 0.497 e. The first kappa shape index (κ1) is 16.5. The summed E-state index contributed by atoms with van der Waals surface area (Å²) in [6.45, 7) is 1.21. The van der Waals surface area contributed by atoms with E-state index in [2.05, 4.69) is 16.3 Å². The molecule has 0 spiro atoms. The molecule has 24 heavy (non-hydrogen) atoms. The molecule has 1 aliphatic rings. The zero-order valence-electron chi connectivity index (χ0n) is 13.7. The van der Waals surface area contributed by atoms with E-state index in [0.717, 1.165) is 25.1 Å². The van der Waals surface area contributed by atoms with Gasteiger partial charge in [-0.3, -0.25) is 9.69 Å². The van der Waals surface area contributed by atoms with Crippen molar-refractivity contribution in [3.63, 3.8) is 0 Å². The van der Waals surface area contributed by atoms with Crippen LogP contribution in [-0.2, 0) is 4.79 Å². The van der Waals surface area contributed by atoms with Gasteiger partial charge in [0.1, 0.15) is 11.6 Å². The molecule has 0 bridgehead atoms. The zero-order valence-corrected chi connectivity index (χ0v) is 13.7. The van der Waals surface area contributed by atoms with E-state index in [4.69, 9.17) is 4.74 Å². The molecule has 3 rings (SSSR count). The second-order valence-corrected chi connectivity index (χ2v) is 5.96. The van der Waals surface area contributed by atoms with Crippen LogP contribution in [0.25, 0.3) is 0 Å². The number of carbonyl (C=O) groups is 1. The summed E-state index contributed by atoms with van der Waals surface area (Å²) < 4.78 is 18.2. The number of hydrogen-bond acceptors (Lipinski definition) is 3. The third-order valence-corrected chi connectivity index (χ3v) is 4.32. The summed E-state index contributed by atoms with van der Waals surface area (Å²) in [5.41, 5.74) is 1.78. The Morgan fingerprint density at radius 1 is 1.29 bits per heavy atom. The molecule has 126 valence electrons. The molecule has 1 aliphatic heterocycles. The summed E-state index contributed by atoms with van der Waals surface area (Å²) in [7, 11) is 1.65. The Hall–Kier alpha value is -2.40. The molecule has 0 radical (unpaired) electrons. The van der Waals surface area contributed by atoms with Crippen molar-refractivity contribution in [2.75, 3.05) is 25.5 Å². The lowest BCUT2D eigenvalue weighted by atomic mass is 10.0. The van der Waals surface area contributed by atoms with Gasteiger partial charge in [-0.25, -0.2) is 4.39 Å². The minimum atomic E-state index is -0.314. The second-order valence-electron chi connectivity index (χ2n) is 5.96. The molecular formula is C19H21FN2O2. The van der Waals surface area contributed by atoms with E-state index in [-0.39, 0.29) is 17.8 Å². The molecule has 1 N–H and O–H groups in total. The van der Waals surface area contributed by atoms with Crippen molar-refractivity contribution >= 4 is 11.6 Å². The number of methoxy groups -OCH3 is 1. The summed E-state index contributed by atoms with van der Waals surface area (Å²) in [4.78, 5) is 14.5. The number of anilines is 1. The molecule has 1 fully saturated rings. The van der Waals surface area contributed by atoms with Gasteiger partial charge < -0.3 is 10.1 Å². The molecule has 0 aromatic heterocycles. The molecule has 2 aromatic carbocycles. The summed E-state index contributed by atoms with van der Waals surface area (Å²) in [6.07, 6.45) is 2.09. The molecule has 0 saturated carbocycles. The van der Waals surface area contributed by atoms with E-state index in [0.29, 0.717) is 12.2 Å². The number of likely N-dealkylation sites (tertiary alicyclic amines) is 1. The van der Waals surface area contributed by atoms with Gasteiger partial charge in [0, 0.05) is 11.7 Å². The van der Waals surface area contributed by atoms with E-state index in [1.807, 2.05) is 18.2 Å². The number of benzene rings is 2. The number of ether oxygens (including phenoxy) is 1. The van der Waals surface area contributed by atoms with Crippen LogP contribution in [0, 0.1) is 5.82 Å². The highest BCUT2D eigenvalue weighted by Crippen LogP contribution is 2.33. The average molecular weight is 328 g/mol. The van der Waals surface area contributed by atoms with E-state index >= 15 is 0 Å². The quantitative estimate of drug-likeness (QED) is 0.912. The van der Waals surface area contributed by atoms with Crippen LogP contribution >= 0.6 is 0 Å². The van der Waals surface area contributed by atoms with Gasteiger partial charge in [-0.2, -0.15) is 0 Å². The number of nitrogens with zero attached hydrogens (tertiary/aromatic N) is 1. The standard InChI is InChI=1S/C19H21FN2O2/c1-24-17-5-2-4-14(12-17)18-6-3-11-22(18)13-19(23)21-16-9-7-15(20)8-10-16/h2,4-5,7-10,12,18H,3,6,11,13H2,1H3,(H,21,23). The molecule has 1 saturated heterocycles. The third-order valence-electron chi connectivity index (χ3n) is 4.32. The Morgan fingerprint density at radius 3 is 2.83 bits per heavy atom. The summed E-state index contributed by atoms with van der Waals surface area (Å²) >= 11 is 0. The smallest absolute Gasteiger partial charge is 0.238 e. The van der Waals surface area contributed by atoms with Crippen molar-refractivity contribution in [2.24, 2.45) is 0 Å². The maximum atomic E-state index is 12.9. The Labute approximate surface area is 141 Å². The SMILES string of the molecule is COc1cccc(C2CCCN2CC(=O)Nc2ccc(F)cc2)c1. The number of nitrogens with one attached hydrogen (secondary N) is 1. The van der Waals surface area contributed by atoms with Gasteiger partial charge in [-0.05, 0) is 61.3 Å². The third kappa shape index (κ3) is 3.92. The van der Waals surface area contributed by atoms with Crippen molar-refractivity contribution in [1.82, 2.24) is 4.90 Å². The van der Waals surface area contributed by atoms with E-state index < -0.39 is 0 Å². The first-order valence-electron chi connectivity index (χ1n) is 8.09. The fourth-order valence-electron chi connectivity index (χ4n) is 3.16. The molecule has 1 heterocycles. The predicted octanol–water partition coefficient (Wildman–Crippen LogP) is 3.61. The van der Waals surface area contributed by atoms with Gasteiger partial charge in [0.05, 0.1) is 13.7 Å². The maximum Gasteiger partial charge on any atom is 0.238 e. The predicted molar refractivity (Wildman–Crippen MR) is 91.6 cm³/mol. The lowest BCUT2D eigenvalue weighted by Crippen LogP contribution is -2.32. The Balaban J connectivity index is 1.64. The van der Waals surface area contributed by atoms with Gasteiger partial charge >= 0.3 is 0 Å². The number of rotatable bonds is 5. The molecule has 1 atom stereocenters. The monoisotopic (exact) mass is 328 g/mol. The number of halogens is 1. The highest BCUT2D eigenvalue weighted by atomic mass is 19.1. The maximum absolute atomic E-state index is 12.9. The van der Waals surface area contributed by atoms with Crippen molar-refractivity contribution in [3.8, 4) is 5.75 Å². The molecule has 1 unspecified atom stereocenters. The van der Waals surface area contributed by atoms with E-state index in [1.54, 1.807) is 19.2 Å². The van der Waals surface area contributed by atoms with Crippen molar-refractivity contribution in [1.29, 1.82) is 0 Å². The summed E-state index contributed by atoms with van der Waals surface area (Å²) in [5.74, 6) is 0.428. The Morgan fingerprint density at radius 2 is 2.08 bits per heavy atom. The Bertz CT molecular complexity index is 703. The van der Waals surface area contributed by atoms with Crippen LogP contribution in [0.2, 0.25) is 0 Å². The number of carbonyl (C=O) groups excluding carboxylic acids is 1. The molecule has 5 heteroatoms. The van der Waals surface area contributed by atoms with Gasteiger partial charge in [0.2, 0.25) is 5.91 Å². The van der Waals surface area contributed by atoms with Crippen LogP contribution in [0.15, 0.2) is 48.5 Å². The van der Waals surface area contributed by atoms with Crippen molar-refractivity contribution < 1.29 is 13.9 Å². The zero-order chi connectivity index (χ0) is 16.9. The van der Waals surface area contributed by atoms with Crippen molar-refractivity contribution in [3.05, 3.63) is 59.9 Å². The average Bonchev–Trinajstić information content (AvgIpc) is 3.05. The van der Waals surface area contributed by atoms with Gasteiger partial charge in [-0.15, -0.1) is 0 Å². The van der Waals surface area contributed by atoms with E-state index in [9.17, 15) is 9.18 Å². The minimum Gasteiger partial charge on any atom is -0.497 e. The highest BCUT2D eigenvalue weighted by molar-refractivity contribution is 5.92. The number of amides is 1. The van der Waals surface area contributed by atoms with Gasteiger partial charge in [0.15, 0.2) is 0 Å². The van der Waals surface area contributed by atoms with E-state index in [1.165, 1.54) is 17.7 Å². The lowest BCUT2D eigenvalue weighted by molar-refractivity contribution is -0.117. The topological polar surface area (TPSA) is 41.6 Å². The Kier molecular flexibility index (Phi) is 5.11. The van der Waals surface area contributed by atoms with Crippen LogP contribution in [-0.4, -0.2) is 31.0 Å². The molecule has 4 nitrogen and oxygen atoms in total. The van der Waals surface area contributed by atoms with Gasteiger partial charge in [-0.1, -0.05) is 12.1 Å². The molecule has 2 aromatic rings. The second kappa shape index (κ2) is 7.45.